The molecule has 0 spiro atoms. The van der Waals surface area contributed by atoms with Crippen molar-refractivity contribution >= 4 is 18.3 Å². The maximum atomic E-state index is 12.3. The highest BCUT2D eigenvalue weighted by Crippen LogP contribution is 2.33. The second kappa shape index (κ2) is 8.48. The summed E-state index contributed by atoms with van der Waals surface area (Å²) >= 11 is 0. The van der Waals surface area contributed by atoms with Gasteiger partial charge in [-0.1, -0.05) is 12.8 Å². The fourth-order valence-electron chi connectivity index (χ4n) is 3.83. The SMILES string of the molecule is CC(COC1CCOC1)NC(=O)C1CC2CCCCC2N1.Cl. The number of halogens is 1. The Morgan fingerprint density at radius 2 is 2.18 bits per heavy atom. The van der Waals surface area contributed by atoms with Gasteiger partial charge >= 0.3 is 0 Å². The third-order valence-electron chi connectivity index (χ3n) is 5.04. The average Bonchev–Trinajstić information content (AvgIpc) is 3.14. The van der Waals surface area contributed by atoms with Crippen LogP contribution in [0.25, 0.3) is 0 Å². The molecule has 0 bridgehead atoms. The van der Waals surface area contributed by atoms with Crippen molar-refractivity contribution in [3.05, 3.63) is 0 Å². The summed E-state index contributed by atoms with van der Waals surface area (Å²) in [5.41, 5.74) is 0. The van der Waals surface area contributed by atoms with Crippen LogP contribution < -0.4 is 10.6 Å². The van der Waals surface area contributed by atoms with Crippen molar-refractivity contribution < 1.29 is 14.3 Å². The van der Waals surface area contributed by atoms with Gasteiger partial charge in [0.05, 0.1) is 25.4 Å². The second-order valence-electron chi connectivity index (χ2n) is 6.83. The Bertz CT molecular complexity index is 349. The van der Waals surface area contributed by atoms with E-state index in [1.54, 1.807) is 0 Å². The lowest BCUT2D eigenvalue weighted by Gasteiger charge is -2.24. The van der Waals surface area contributed by atoms with Crippen molar-refractivity contribution in [3.8, 4) is 0 Å². The predicted octanol–water partition coefficient (Wildman–Crippen LogP) is 1.64. The second-order valence-corrected chi connectivity index (χ2v) is 6.83. The van der Waals surface area contributed by atoms with E-state index < -0.39 is 0 Å². The summed E-state index contributed by atoms with van der Waals surface area (Å²) in [6, 6.07) is 0.620. The van der Waals surface area contributed by atoms with Crippen LogP contribution in [0.1, 0.15) is 45.4 Å². The average molecular weight is 333 g/mol. The van der Waals surface area contributed by atoms with E-state index in [2.05, 4.69) is 10.6 Å². The summed E-state index contributed by atoms with van der Waals surface area (Å²) in [6.45, 7) is 4.06. The van der Waals surface area contributed by atoms with E-state index in [4.69, 9.17) is 9.47 Å². The fourth-order valence-corrected chi connectivity index (χ4v) is 3.83. The molecule has 0 aromatic heterocycles. The number of amides is 1. The van der Waals surface area contributed by atoms with Crippen molar-refractivity contribution in [2.45, 2.75) is 69.7 Å². The molecular weight excluding hydrogens is 304 g/mol. The Balaban J connectivity index is 0.00000176. The van der Waals surface area contributed by atoms with Gasteiger partial charge in [0.1, 0.15) is 0 Å². The first kappa shape index (κ1) is 18.0. The van der Waals surface area contributed by atoms with E-state index in [1.165, 1.54) is 25.7 Å². The minimum atomic E-state index is -0.00429. The monoisotopic (exact) mass is 332 g/mol. The Morgan fingerprint density at radius 3 is 2.91 bits per heavy atom. The minimum absolute atomic E-state index is 0. The van der Waals surface area contributed by atoms with Gasteiger partial charge in [0, 0.05) is 18.7 Å². The molecule has 3 fully saturated rings. The van der Waals surface area contributed by atoms with Gasteiger partial charge in [-0.25, -0.2) is 0 Å². The highest BCUT2D eigenvalue weighted by Gasteiger charge is 2.38. The number of carbonyl (C=O) groups excluding carboxylic acids is 1. The molecule has 2 N–H and O–H groups in total. The van der Waals surface area contributed by atoms with Crippen LogP contribution in [0.2, 0.25) is 0 Å². The third kappa shape index (κ3) is 4.57. The summed E-state index contributed by atoms with van der Waals surface area (Å²) in [5, 5.41) is 6.61. The van der Waals surface area contributed by atoms with Crippen molar-refractivity contribution in [1.29, 1.82) is 0 Å². The summed E-state index contributed by atoms with van der Waals surface area (Å²) in [4.78, 5) is 12.3. The van der Waals surface area contributed by atoms with Crippen LogP contribution in [-0.2, 0) is 14.3 Å². The van der Waals surface area contributed by atoms with Crippen molar-refractivity contribution in [3.63, 3.8) is 0 Å². The molecular formula is C16H29ClN2O3. The molecule has 2 heterocycles. The lowest BCUT2D eigenvalue weighted by molar-refractivity contribution is -0.124. The lowest BCUT2D eigenvalue weighted by Crippen LogP contribution is -2.47. The topological polar surface area (TPSA) is 59.6 Å². The van der Waals surface area contributed by atoms with Crippen molar-refractivity contribution in [1.82, 2.24) is 10.6 Å². The minimum Gasteiger partial charge on any atom is -0.379 e. The molecule has 1 aliphatic carbocycles. The molecule has 5 unspecified atom stereocenters. The van der Waals surface area contributed by atoms with Crippen LogP contribution in [-0.4, -0.2) is 50.0 Å². The van der Waals surface area contributed by atoms with Gasteiger partial charge in [0.15, 0.2) is 0 Å². The van der Waals surface area contributed by atoms with Crippen LogP contribution in [0.4, 0.5) is 0 Å². The quantitative estimate of drug-likeness (QED) is 0.803. The molecule has 0 aromatic carbocycles. The van der Waals surface area contributed by atoms with Crippen molar-refractivity contribution in [2.75, 3.05) is 19.8 Å². The molecule has 0 radical (unpaired) electrons. The van der Waals surface area contributed by atoms with E-state index >= 15 is 0 Å². The first-order chi connectivity index (χ1) is 10.2. The van der Waals surface area contributed by atoms with E-state index in [0.29, 0.717) is 25.2 Å². The maximum absolute atomic E-state index is 12.3. The Labute approximate surface area is 139 Å². The Kier molecular flexibility index (Phi) is 6.93. The molecule has 3 aliphatic rings. The van der Waals surface area contributed by atoms with Gasteiger partial charge in [-0.05, 0) is 38.5 Å². The first-order valence-electron chi connectivity index (χ1n) is 8.48. The number of nitrogens with one attached hydrogen (secondary N) is 2. The Morgan fingerprint density at radius 1 is 1.36 bits per heavy atom. The zero-order chi connectivity index (χ0) is 14.7. The van der Waals surface area contributed by atoms with Crippen LogP contribution in [0.5, 0.6) is 0 Å². The van der Waals surface area contributed by atoms with Crippen LogP contribution >= 0.6 is 12.4 Å². The summed E-state index contributed by atoms with van der Waals surface area (Å²) < 4.78 is 11.0. The fraction of sp³-hybridized carbons (Fsp3) is 0.938. The number of carbonyl (C=O) groups is 1. The van der Waals surface area contributed by atoms with Crippen LogP contribution in [0.3, 0.4) is 0 Å². The molecule has 3 rings (SSSR count). The molecule has 1 amide bonds. The first-order valence-corrected chi connectivity index (χ1v) is 8.48. The van der Waals surface area contributed by atoms with Gasteiger partial charge in [0.2, 0.25) is 5.91 Å². The Hall–Kier alpha value is -0.360. The van der Waals surface area contributed by atoms with E-state index in [-0.39, 0.29) is 36.5 Å². The van der Waals surface area contributed by atoms with Crippen LogP contribution in [0.15, 0.2) is 0 Å². The molecule has 22 heavy (non-hydrogen) atoms. The maximum Gasteiger partial charge on any atom is 0.237 e. The van der Waals surface area contributed by atoms with Gasteiger partial charge in [-0.3, -0.25) is 4.79 Å². The summed E-state index contributed by atoms with van der Waals surface area (Å²) in [7, 11) is 0. The number of hydrogen-bond donors (Lipinski definition) is 2. The van der Waals surface area contributed by atoms with Crippen LogP contribution in [0, 0.1) is 5.92 Å². The molecule has 2 aliphatic heterocycles. The lowest BCUT2D eigenvalue weighted by atomic mass is 9.85. The predicted molar refractivity (Wildman–Crippen MR) is 87.3 cm³/mol. The highest BCUT2D eigenvalue weighted by atomic mass is 35.5. The van der Waals surface area contributed by atoms with Gasteiger partial charge < -0.3 is 20.1 Å². The molecule has 6 heteroatoms. The number of rotatable bonds is 5. The normalized spacial score (nSPS) is 35.5. The zero-order valence-electron chi connectivity index (χ0n) is 13.4. The summed E-state index contributed by atoms with van der Waals surface area (Å²) in [6.07, 6.45) is 7.31. The van der Waals surface area contributed by atoms with Gasteiger partial charge in [-0.15, -0.1) is 12.4 Å². The largest absolute Gasteiger partial charge is 0.379 e. The molecule has 128 valence electrons. The number of hydrogen-bond acceptors (Lipinski definition) is 4. The standard InChI is InChI=1S/C16H28N2O3.ClH/c1-11(9-21-13-6-7-20-10-13)17-16(19)15-8-12-4-2-3-5-14(12)18-15;/h11-15,18H,2-10H2,1H3,(H,17,19);1H. The molecule has 5 atom stereocenters. The van der Waals surface area contributed by atoms with Gasteiger partial charge in [0.25, 0.3) is 0 Å². The van der Waals surface area contributed by atoms with Crippen molar-refractivity contribution in [2.24, 2.45) is 5.92 Å². The zero-order valence-corrected chi connectivity index (χ0v) is 14.2. The van der Waals surface area contributed by atoms with E-state index in [1.807, 2.05) is 6.92 Å². The highest BCUT2D eigenvalue weighted by molar-refractivity contribution is 5.85. The molecule has 2 saturated heterocycles. The van der Waals surface area contributed by atoms with E-state index in [9.17, 15) is 4.79 Å². The number of fused-ring (bicyclic) bond motifs is 1. The number of ether oxygens (including phenoxy) is 2. The molecule has 5 nitrogen and oxygen atoms in total. The summed E-state index contributed by atoms with van der Waals surface area (Å²) in [5.74, 6) is 0.847. The molecule has 1 saturated carbocycles. The van der Waals surface area contributed by atoms with Gasteiger partial charge in [-0.2, -0.15) is 0 Å². The van der Waals surface area contributed by atoms with E-state index in [0.717, 1.165) is 19.4 Å². The molecule has 0 aromatic rings. The smallest absolute Gasteiger partial charge is 0.237 e. The third-order valence-corrected chi connectivity index (χ3v) is 5.04.